The van der Waals surface area contributed by atoms with Crippen LogP contribution in [0.15, 0.2) is 0 Å². The highest BCUT2D eigenvalue weighted by molar-refractivity contribution is 5.72. The quantitative estimate of drug-likeness (QED) is 0.264. The Labute approximate surface area is 72.5 Å². The zero-order valence-electron chi connectivity index (χ0n) is 7.01. The summed E-state index contributed by atoms with van der Waals surface area (Å²) in [4.78, 5) is 2.90. The predicted octanol–water partition coefficient (Wildman–Crippen LogP) is -7.26. The molecule has 0 aliphatic heterocycles. The van der Waals surface area contributed by atoms with Crippen molar-refractivity contribution in [3.8, 4) is 0 Å². The molecule has 12 heavy (non-hydrogen) atoms. The van der Waals surface area contributed by atoms with E-state index in [0.29, 0.717) is 0 Å². The van der Waals surface area contributed by atoms with Gasteiger partial charge in [0.05, 0.1) is 21.1 Å². The minimum atomic E-state index is -4.94. The smallest absolute Gasteiger partial charge is 0.281 e. The molecular weight excluding hydrogens is 190 g/mol. The summed E-state index contributed by atoms with van der Waals surface area (Å²) >= 11 is 0. The lowest BCUT2D eigenvalue weighted by atomic mass is 10.9. The van der Waals surface area contributed by atoms with Crippen LogP contribution in [0.1, 0.15) is 0 Å². The van der Waals surface area contributed by atoms with Crippen LogP contribution in [-0.4, -0.2) is 27.1 Å². The van der Waals surface area contributed by atoms with Crippen molar-refractivity contribution in [3.63, 3.8) is 0 Å². The topological polar surface area (TPSA) is 130 Å². The Balaban J connectivity index is 0. The molecular formula is C4H12ClN3O4. The molecule has 0 bridgehead atoms. The highest BCUT2D eigenvalue weighted by Gasteiger charge is 1.89. The van der Waals surface area contributed by atoms with Gasteiger partial charge in [-0.1, -0.05) is 0 Å². The van der Waals surface area contributed by atoms with Gasteiger partial charge in [0.2, 0.25) is 0 Å². The van der Waals surface area contributed by atoms with E-state index in [9.17, 15) is 0 Å². The molecule has 3 N–H and O–H groups in total. The monoisotopic (exact) mass is 201 g/mol. The largest absolute Gasteiger partial charge is 0.342 e. The first-order valence-corrected chi connectivity index (χ1v) is 4.10. The molecule has 0 aromatic carbocycles. The van der Waals surface area contributed by atoms with E-state index in [2.05, 4.69) is 15.6 Å². The van der Waals surface area contributed by atoms with E-state index in [-0.39, 0.29) is 0 Å². The summed E-state index contributed by atoms with van der Waals surface area (Å²) in [6, 6.07) is 0. The fourth-order valence-corrected chi connectivity index (χ4v) is 0.375. The van der Waals surface area contributed by atoms with Crippen molar-refractivity contribution in [2.24, 2.45) is 0 Å². The molecule has 0 saturated heterocycles. The first-order chi connectivity index (χ1) is 5.35. The van der Waals surface area contributed by atoms with Gasteiger partial charge in [-0.2, -0.15) is 0 Å². The summed E-state index contributed by atoms with van der Waals surface area (Å²) in [7, 11) is 0.604. The Morgan fingerprint density at radius 3 is 1.33 bits per heavy atom. The van der Waals surface area contributed by atoms with Crippen molar-refractivity contribution in [1.82, 2.24) is 10.6 Å². The summed E-state index contributed by atoms with van der Waals surface area (Å²) in [5.41, 5.74) is 0. The third-order valence-corrected chi connectivity index (χ3v) is 0.750. The summed E-state index contributed by atoms with van der Waals surface area (Å²) in [6.45, 7) is 0. The second kappa shape index (κ2) is 7.07. The lowest BCUT2D eigenvalue weighted by molar-refractivity contribution is -2.00. The minimum Gasteiger partial charge on any atom is -0.281 e. The SMILES string of the molecule is CNC(NC)=[NH+]C.[O-][Cl+3]([O-])([O-])[O-]. The van der Waals surface area contributed by atoms with Crippen molar-refractivity contribution in [2.75, 3.05) is 21.1 Å². The van der Waals surface area contributed by atoms with E-state index in [0.717, 1.165) is 5.96 Å². The molecule has 7 nitrogen and oxygen atoms in total. The molecule has 0 aliphatic carbocycles. The predicted molar refractivity (Wildman–Crippen MR) is 30.0 cm³/mol. The molecule has 0 saturated carbocycles. The highest BCUT2D eigenvalue weighted by Crippen LogP contribution is 1.49. The molecule has 8 heteroatoms. The van der Waals surface area contributed by atoms with Gasteiger partial charge < -0.3 is 0 Å². The molecule has 0 aromatic rings. The molecule has 0 fully saturated rings. The van der Waals surface area contributed by atoms with Crippen molar-refractivity contribution in [3.05, 3.63) is 0 Å². The van der Waals surface area contributed by atoms with E-state index in [1.165, 1.54) is 0 Å². The second-order valence-corrected chi connectivity index (χ2v) is 2.26. The molecule has 0 amide bonds. The third kappa shape index (κ3) is 22.7. The number of guanidine groups is 1. The molecule has 0 aliphatic rings. The third-order valence-electron chi connectivity index (χ3n) is 0.750. The van der Waals surface area contributed by atoms with Crippen LogP contribution in [0.2, 0.25) is 0 Å². The average molecular weight is 202 g/mol. The van der Waals surface area contributed by atoms with Gasteiger partial charge in [0, 0.05) is 0 Å². The summed E-state index contributed by atoms with van der Waals surface area (Å²) in [5, 5.41) is 5.79. The Kier molecular flexibility index (Phi) is 8.22. The number of hydrogen-bond donors (Lipinski definition) is 3. The zero-order valence-corrected chi connectivity index (χ0v) is 7.77. The number of nitrogens with one attached hydrogen (secondary N) is 3. The van der Waals surface area contributed by atoms with Gasteiger partial charge in [-0.3, -0.25) is 15.6 Å². The number of halogens is 1. The number of rotatable bonds is 0. The molecule has 0 radical (unpaired) electrons. The maximum Gasteiger partial charge on any atom is 0.342 e. The maximum absolute atomic E-state index is 8.49. The van der Waals surface area contributed by atoms with Crippen molar-refractivity contribution in [2.45, 2.75) is 0 Å². The zero-order chi connectivity index (χ0) is 10.2. The first kappa shape index (κ1) is 14.0. The van der Waals surface area contributed by atoms with Gasteiger partial charge >= 0.3 is 5.96 Å². The van der Waals surface area contributed by atoms with Gasteiger partial charge in [0.15, 0.2) is 0 Å². The van der Waals surface area contributed by atoms with E-state index in [1.54, 1.807) is 0 Å². The van der Waals surface area contributed by atoms with Crippen LogP contribution in [0.3, 0.4) is 0 Å². The normalized spacial score (nSPS) is 9.25. The van der Waals surface area contributed by atoms with Crippen molar-refractivity contribution >= 4 is 5.96 Å². The Bertz CT molecular complexity index is 123. The van der Waals surface area contributed by atoms with Crippen LogP contribution >= 0.6 is 0 Å². The maximum atomic E-state index is 8.49. The Morgan fingerprint density at radius 1 is 1.08 bits per heavy atom. The van der Waals surface area contributed by atoms with E-state index in [1.807, 2.05) is 21.1 Å². The lowest BCUT2D eigenvalue weighted by Gasteiger charge is -2.17. The average Bonchev–Trinajstić information content (AvgIpc) is 1.88. The first-order valence-electron chi connectivity index (χ1n) is 2.87. The fraction of sp³-hybridized carbons (Fsp3) is 0.750. The van der Waals surface area contributed by atoms with Crippen LogP contribution in [0.4, 0.5) is 0 Å². The van der Waals surface area contributed by atoms with Gasteiger partial charge in [-0.05, 0) is 0 Å². The van der Waals surface area contributed by atoms with Crippen LogP contribution in [-0.2, 0) is 0 Å². The van der Waals surface area contributed by atoms with E-state index in [4.69, 9.17) is 18.6 Å². The molecule has 0 unspecified atom stereocenters. The lowest BCUT2D eigenvalue weighted by Crippen LogP contribution is -2.74. The van der Waals surface area contributed by atoms with Crippen LogP contribution in [0, 0.1) is 10.2 Å². The van der Waals surface area contributed by atoms with Crippen molar-refractivity contribution in [1.29, 1.82) is 0 Å². The highest BCUT2D eigenvalue weighted by atomic mass is 35.7. The van der Waals surface area contributed by atoms with Crippen molar-refractivity contribution < 1.29 is 33.9 Å². The minimum absolute atomic E-state index is 0.931. The molecule has 0 heterocycles. The molecule has 0 spiro atoms. The van der Waals surface area contributed by atoms with Gasteiger partial charge in [-0.25, -0.2) is 18.6 Å². The van der Waals surface area contributed by atoms with Crippen LogP contribution in [0.25, 0.3) is 0 Å². The van der Waals surface area contributed by atoms with Crippen LogP contribution < -0.4 is 34.3 Å². The molecule has 0 aromatic heterocycles. The summed E-state index contributed by atoms with van der Waals surface area (Å²) in [5.74, 6) is 0.931. The van der Waals surface area contributed by atoms with Gasteiger partial charge in [0.1, 0.15) is 0 Å². The standard InChI is InChI=1S/C4H11N3.ClHO4/c1-5-4(6-2)7-3;2-1(3,4)5/h1-3H3,(H2,5,6,7);(H,2,3,4,5). The molecule has 74 valence electrons. The molecule has 0 atom stereocenters. The second-order valence-electron chi connectivity index (χ2n) is 1.50. The van der Waals surface area contributed by atoms with Gasteiger partial charge in [-0.15, -0.1) is 10.2 Å². The van der Waals surface area contributed by atoms with E-state index < -0.39 is 10.2 Å². The Hall–Kier alpha value is -0.600. The van der Waals surface area contributed by atoms with Crippen LogP contribution in [0.5, 0.6) is 0 Å². The van der Waals surface area contributed by atoms with E-state index >= 15 is 0 Å². The summed E-state index contributed by atoms with van der Waals surface area (Å²) in [6.07, 6.45) is 0. The van der Waals surface area contributed by atoms with Gasteiger partial charge in [0.25, 0.3) is 0 Å². The fourth-order valence-electron chi connectivity index (χ4n) is 0.375. The molecule has 0 rings (SSSR count). The Morgan fingerprint density at radius 2 is 1.33 bits per heavy atom. The number of hydrogen-bond acceptors (Lipinski definition) is 4. The summed E-state index contributed by atoms with van der Waals surface area (Å²) < 4.78 is 34.0.